The summed E-state index contributed by atoms with van der Waals surface area (Å²) in [7, 11) is -1.50. The number of sulfonamides is 1. The monoisotopic (exact) mass is 397 g/mol. The van der Waals surface area contributed by atoms with Crippen LogP contribution in [-0.4, -0.2) is 51.5 Å². The molecule has 1 rings (SSSR count). The zero-order valence-corrected chi connectivity index (χ0v) is 16.8. The van der Waals surface area contributed by atoms with Crippen LogP contribution in [0.4, 0.5) is 0 Å². The lowest BCUT2D eigenvalue weighted by atomic mass is 10.2. The lowest BCUT2D eigenvalue weighted by molar-refractivity contribution is -0.145. The Kier molecular flexibility index (Phi) is 9.17. The molecule has 0 aliphatic rings. The number of benzene rings is 1. The molecule has 0 aliphatic heterocycles. The zero-order valence-electron chi connectivity index (χ0n) is 16.0. The van der Waals surface area contributed by atoms with Gasteiger partial charge in [0, 0.05) is 6.54 Å². The number of rotatable bonds is 11. The van der Waals surface area contributed by atoms with E-state index in [4.69, 9.17) is 4.74 Å². The molecular weight excluding hydrogens is 370 g/mol. The summed E-state index contributed by atoms with van der Waals surface area (Å²) >= 11 is 0. The first-order valence-electron chi connectivity index (χ1n) is 8.72. The number of carbonyl (C=O) groups is 2. The minimum Gasteiger partial charge on any atom is -0.468 e. The number of carbonyl (C=O) groups excluding carboxylic acids is 2. The average Bonchev–Trinajstić information content (AvgIpc) is 2.68. The summed E-state index contributed by atoms with van der Waals surface area (Å²) in [4.78, 5) is 23.7. The van der Waals surface area contributed by atoms with Crippen molar-refractivity contribution in [2.24, 2.45) is 0 Å². The van der Waals surface area contributed by atoms with E-state index in [0.717, 1.165) is 17.1 Å². The third-order valence-corrected chi connectivity index (χ3v) is 6.00. The Balaban J connectivity index is 3.29. The number of methoxy groups -OCH3 is 2. The Morgan fingerprint density at radius 1 is 1.15 bits per heavy atom. The predicted molar refractivity (Wildman–Crippen MR) is 102 cm³/mol. The summed E-state index contributed by atoms with van der Waals surface area (Å²) < 4.78 is 36.9. The highest BCUT2D eigenvalue weighted by Gasteiger charge is 2.35. The van der Waals surface area contributed by atoms with Crippen molar-refractivity contribution in [2.75, 3.05) is 20.8 Å². The van der Waals surface area contributed by atoms with Crippen molar-refractivity contribution in [1.29, 1.82) is 0 Å². The van der Waals surface area contributed by atoms with E-state index in [1.165, 1.54) is 44.6 Å². The van der Waals surface area contributed by atoms with Crippen molar-refractivity contribution >= 4 is 22.0 Å². The molecule has 27 heavy (non-hydrogen) atoms. The topological polar surface area (TPSA) is 90.0 Å². The minimum absolute atomic E-state index is 0.00961. The third kappa shape index (κ3) is 5.90. The van der Waals surface area contributed by atoms with Crippen LogP contribution >= 0.6 is 0 Å². The van der Waals surface area contributed by atoms with Crippen molar-refractivity contribution in [3.8, 4) is 0 Å². The van der Waals surface area contributed by atoms with Gasteiger partial charge < -0.3 is 9.47 Å². The van der Waals surface area contributed by atoms with Gasteiger partial charge in [0.1, 0.15) is 6.04 Å². The summed E-state index contributed by atoms with van der Waals surface area (Å²) in [6, 6.07) is 4.43. The molecule has 150 valence electrons. The van der Waals surface area contributed by atoms with Crippen LogP contribution in [0.25, 0.3) is 0 Å². The van der Waals surface area contributed by atoms with Crippen molar-refractivity contribution in [1.82, 2.24) is 4.31 Å². The second-order valence-electron chi connectivity index (χ2n) is 5.90. The van der Waals surface area contributed by atoms with Gasteiger partial charge in [-0.05, 0) is 37.1 Å². The quantitative estimate of drug-likeness (QED) is 0.324. The molecule has 8 heteroatoms. The van der Waals surface area contributed by atoms with Gasteiger partial charge in [-0.25, -0.2) is 13.2 Å². The van der Waals surface area contributed by atoms with Gasteiger partial charge in [-0.15, -0.1) is 6.58 Å². The van der Waals surface area contributed by atoms with Crippen LogP contribution in [0.5, 0.6) is 0 Å². The van der Waals surface area contributed by atoms with Gasteiger partial charge in [0.2, 0.25) is 10.0 Å². The highest BCUT2D eigenvalue weighted by atomic mass is 32.2. The standard InChI is InChI=1S/C19H27NO6S/c1-5-7-8-14-20(17(9-6-2)19(22)26-4)27(23,24)16-12-10-15(11-13-16)18(21)25-3/h6,10-13,17H,2,5,7-9,14H2,1,3-4H3. The first-order valence-corrected chi connectivity index (χ1v) is 10.2. The molecular formula is C19H27NO6S. The van der Waals surface area contributed by atoms with E-state index in [2.05, 4.69) is 11.3 Å². The van der Waals surface area contributed by atoms with Crippen LogP contribution in [-0.2, 0) is 24.3 Å². The number of nitrogens with zero attached hydrogens (tertiary/aromatic N) is 1. The molecule has 1 atom stereocenters. The fraction of sp³-hybridized carbons (Fsp3) is 0.474. The molecule has 0 aromatic heterocycles. The van der Waals surface area contributed by atoms with Crippen molar-refractivity contribution in [3.05, 3.63) is 42.5 Å². The second kappa shape index (κ2) is 10.8. The summed E-state index contributed by atoms with van der Waals surface area (Å²) in [5.41, 5.74) is 0.240. The fourth-order valence-electron chi connectivity index (χ4n) is 2.60. The Bertz CT molecular complexity index is 742. The van der Waals surface area contributed by atoms with Gasteiger partial charge in [-0.1, -0.05) is 25.8 Å². The van der Waals surface area contributed by atoms with Gasteiger partial charge >= 0.3 is 11.9 Å². The second-order valence-corrected chi connectivity index (χ2v) is 7.79. The first-order chi connectivity index (χ1) is 12.8. The van der Waals surface area contributed by atoms with Crippen molar-refractivity contribution in [2.45, 2.75) is 43.5 Å². The Morgan fingerprint density at radius 2 is 1.78 bits per heavy atom. The van der Waals surface area contributed by atoms with E-state index in [0.29, 0.717) is 6.42 Å². The number of unbranched alkanes of at least 4 members (excludes halogenated alkanes) is 2. The Labute approximate surface area is 161 Å². The number of ether oxygens (including phenoxy) is 2. The maximum absolute atomic E-state index is 13.2. The van der Waals surface area contributed by atoms with Crippen LogP contribution in [0.3, 0.4) is 0 Å². The van der Waals surface area contributed by atoms with Crippen LogP contribution in [0.15, 0.2) is 41.8 Å². The van der Waals surface area contributed by atoms with Crippen LogP contribution in [0.2, 0.25) is 0 Å². The molecule has 0 spiro atoms. The molecule has 1 unspecified atom stereocenters. The summed E-state index contributed by atoms with van der Waals surface area (Å²) in [5.74, 6) is -1.20. The number of esters is 2. The molecule has 0 saturated carbocycles. The van der Waals surface area contributed by atoms with Gasteiger partial charge in [-0.3, -0.25) is 4.79 Å². The highest BCUT2D eigenvalue weighted by molar-refractivity contribution is 7.89. The molecule has 0 saturated heterocycles. The summed E-state index contributed by atoms with van der Waals surface area (Å²) in [6.45, 7) is 5.80. The normalized spacial score (nSPS) is 12.4. The molecule has 1 aromatic rings. The molecule has 0 bridgehead atoms. The van der Waals surface area contributed by atoms with E-state index >= 15 is 0 Å². The molecule has 0 fully saturated rings. The van der Waals surface area contributed by atoms with Crippen LogP contribution in [0, 0.1) is 0 Å². The van der Waals surface area contributed by atoms with Gasteiger partial charge in [-0.2, -0.15) is 4.31 Å². The van der Waals surface area contributed by atoms with E-state index in [-0.39, 0.29) is 23.4 Å². The van der Waals surface area contributed by atoms with Gasteiger partial charge in [0.15, 0.2) is 0 Å². The van der Waals surface area contributed by atoms with Gasteiger partial charge in [0.25, 0.3) is 0 Å². The molecule has 0 heterocycles. The molecule has 1 aromatic carbocycles. The SMILES string of the molecule is C=CCC(C(=O)OC)N(CCCCC)S(=O)(=O)c1ccc(C(=O)OC)cc1. The third-order valence-electron chi connectivity index (χ3n) is 4.07. The van der Waals surface area contributed by atoms with E-state index in [1.807, 2.05) is 6.92 Å². The van der Waals surface area contributed by atoms with Crippen molar-refractivity contribution in [3.63, 3.8) is 0 Å². The lowest BCUT2D eigenvalue weighted by Gasteiger charge is -2.28. The Morgan fingerprint density at radius 3 is 2.26 bits per heavy atom. The number of hydrogen-bond donors (Lipinski definition) is 0. The van der Waals surface area contributed by atoms with E-state index in [1.54, 1.807) is 0 Å². The van der Waals surface area contributed by atoms with E-state index < -0.39 is 28.0 Å². The molecule has 0 radical (unpaired) electrons. The maximum Gasteiger partial charge on any atom is 0.337 e. The summed E-state index contributed by atoms with van der Waals surface area (Å²) in [5, 5.41) is 0. The van der Waals surface area contributed by atoms with Crippen LogP contribution in [0.1, 0.15) is 43.0 Å². The lowest BCUT2D eigenvalue weighted by Crippen LogP contribution is -2.45. The number of hydrogen-bond acceptors (Lipinski definition) is 6. The molecule has 0 N–H and O–H groups in total. The first kappa shape index (κ1) is 22.9. The molecule has 7 nitrogen and oxygen atoms in total. The largest absolute Gasteiger partial charge is 0.468 e. The average molecular weight is 397 g/mol. The Hall–Kier alpha value is -2.19. The van der Waals surface area contributed by atoms with Crippen LogP contribution < -0.4 is 0 Å². The zero-order chi connectivity index (χ0) is 20.4. The predicted octanol–water partition coefficient (Wildman–Crippen LogP) is 2.77. The van der Waals surface area contributed by atoms with Gasteiger partial charge in [0.05, 0.1) is 24.7 Å². The molecule has 0 aliphatic carbocycles. The fourth-order valence-corrected chi connectivity index (χ4v) is 4.23. The minimum atomic E-state index is -3.97. The van der Waals surface area contributed by atoms with Crippen molar-refractivity contribution < 1.29 is 27.5 Å². The van der Waals surface area contributed by atoms with E-state index in [9.17, 15) is 18.0 Å². The smallest absolute Gasteiger partial charge is 0.337 e. The molecule has 0 amide bonds. The summed E-state index contributed by atoms with van der Waals surface area (Å²) in [6.07, 6.45) is 3.98. The highest BCUT2D eigenvalue weighted by Crippen LogP contribution is 2.22. The maximum atomic E-state index is 13.2.